The summed E-state index contributed by atoms with van der Waals surface area (Å²) in [5.41, 5.74) is 0. The van der Waals surface area contributed by atoms with Crippen LogP contribution in [0.4, 0.5) is 0 Å². The van der Waals surface area contributed by atoms with E-state index in [0.29, 0.717) is 12.2 Å². The fraction of sp³-hybridized carbons (Fsp3) is 0. The topological polar surface area (TPSA) is 89.5 Å². The summed E-state index contributed by atoms with van der Waals surface area (Å²) >= 11 is 0. The summed E-state index contributed by atoms with van der Waals surface area (Å²) in [5, 5.41) is 18.8. The molecule has 68 valence electrons. The standard InChI is InChI=1S/C4H4O4.C3H5O.Ca.Na/c5-3(6)1-2-4(7)8;1-3-4-2;;/h1-2H,(H,5,6)(H,7,8);3H,1-2H2;;/q;-1;+2;+1/p-2/b2-1-;;;. The number of carbonyl (C=O) groups is 2. The normalized spacial score (nSPS) is 6.93. The number of carboxylic acids is 2. The van der Waals surface area contributed by atoms with Gasteiger partial charge in [0.2, 0.25) is 0 Å². The van der Waals surface area contributed by atoms with Gasteiger partial charge >= 0.3 is 67.3 Å². The van der Waals surface area contributed by atoms with Crippen molar-refractivity contribution in [3.05, 3.63) is 32.1 Å². The molecule has 0 N–H and O–H groups in total. The average molecular weight is 234 g/mol. The van der Waals surface area contributed by atoms with Crippen LogP contribution in [0.3, 0.4) is 0 Å². The first-order valence-corrected chi connectivity index (χ1v) is 2.66. The Labute approximate surface area is 134 Å². The van der Waals surface area contributed by atoms with Crippen LogP contribution in [0.15, 0.2) is 25.0 Å². The van der Waals surface area contributed by atoms with Crippen LogP contribution in [-0.2, 0) is 14.3 Å². The summed E-state index contributed by atoms with van der Waals surface area (Å²) in [7, 11) is 2.99. The molecule has 14 heavy (non-hydrogen) atoms. The van der Waals surface area contributed by atoms with E-state index in [9.17, 15) is 19.8 Å². The molecule has 0 unspecified atom stereocenters. The zero-order valence-electron chi connectivity index (χ0n) is 7.89. The van der Waals surface area contributed by atoms with Gasteiger partial charge in [0.25, 0.3) is 0 Å². The fourth-order valence-corrected chi connectivity index (χ4v) is 0.136. The minimum Gasteiger partial charge on any atom is -0.671 e. The third-order valence-electron chi connectivity index (χ3n) is 0.473. The Morgan fingerprint density at radius 1 is 1.21 bits per heavy atom. The van der Waals surface area contributed by atoms with Crippen LogP contribution in [0.25, 0.3) is 0 Å². The molecule has 0 saturated heterocycles. The number of hydrogen-bond donors (Lipinski definition) is 0. The maximum absolute atomic E-state index is 9.41. The Morgan fingerprint density at radius 3 is 1.50 bits per heavy atom. The van der Waals surface area contributed by atoms with E-state index in [1.165, 1.54) is 6.26 Å². The molecule has 0 aliphatic rings. The van der Waals surface area contributed by atoms with Crippen molar-refractivity contribution in [3.63, 3.8) is 0 Å². The predicted molar refractivity (Wildman–Crippen MR) is 41.5 cm³/mol. The molecule has 0 aromatic rings. The largest absolute Gasteiger partial charge is 2.00 e. The molecule has 0 aromatic heterocycles. The van der Waals surface area contributed by atoms with Crippen LogP contribution in [0.5, 0.6) is 0 Å². The summed E-state index contributed by atoms with van der Waals surface area (Å²) in [5.74, 6) is -3.09. The SMILES string of the molecule is C=CO[CH2-].O=C([O-])/C=C\C(=O)[O-].[Ca+2].[Na+]. The molecule has 0 aliphatic carbocycles. The van der Waals surface area contributed by atoms with Crippen LogP contribution >= 0.6 is 0 Å². The minimum atomic E-state index is -1.55. The molecule has 0 heterocycles. The summed E-state index contributed by atoms with van der Waals surface area (Å²) in [6, 6.07) is 0. The summed E-state index contributed by atoms with van der Waals surface area (Å²) in [6.45, 7) is 3.19. The van der Waals surface area contributed by atoms with Crippen molar-refractivity contribution in [1.82, 2.24) is 0 Å². The number of rotatable bonds is 3. The Bertz CT molecular complexity index is 177. The molecule has 7 heteroatoms. The van der Waals surface area contributed by atoms with Crippen LogP contribution < -0.4 is 39.8 Å². The van der Waals surface area contributed by atoms with E-state index < -0.39 is 11.9 Å². The molecule has 0 spiro atoms. The van der Waals surface area contributed by atoms with Gasteiger partial charge in [0.05, 0.1) is 11.9 Å². The second kappa shape index (κ2) is 19.1. The van der Waals surface area contributed by atoms with Crippen LogP contribution in [-0.4, -0.2) is 49.7 Å². The van der Waals surface area contributed by atoms with Gasteiger partial charge in [0.1, 0.15) is 0 Å². The Balaban J connectivity index is -0.0000000733. The van der Waals surface area contributed by atoms with Gasteiger partial charge in [-0.2, -0.15) is 7.11 Å². The van der Waals surface area contributed by atoms with Crippen molar-refractivity contribution < 1.29 is 54.1 Å². The monoisotopic (exact) mass is 234 g/mol. The van der Waals surface area contributed by atoms with Gasteiger partial charge in [-0.1, -0.05) is 6.58 Å². The van der Waals surface area contributed by atoms with Crippen LogP contribution in [0.2, 0.25) is 0 Å². The van der Waals surface area contributed by atoms with Crippen molar-refractivity contribution in [3.8, 4) is 0 Å². The van der Waals surface area contributed by atoms with E-state index in [4.69, 9.17) is 0 Å². The average Bonchev–Trinajstić information content (AvgIpc) is 2.01. The molecule has 0 atom stereocenters. The number of ether oxygens (including phenoxy) is 1. The first-order valence-electron chi connectivity index (χ1n) is 2.66. The van der Waals surface area contributed by atoms with Crippen LogP contribution in [0, 0.1) is 7.11 Å². The summed E-state index contributed by atoms with van der Waals surface area (Å²) in [6.07, 6.45) is 2.03. The van der Waals surface area contributed by atoms with E-state index in [1.54, 1.807) is 0 Å². The zero-order valence-corrected chi connectivity index (χ0v) is 12.1. The van der Waals surface area contributed by atoms with Crippen molar-refractivity contribution in [1.29, 1.82) is 0 Å². The number of aliphatic carboxylic acids is 2. The van der Waals surface area contributed by atoms with E-state index in [0.717, 1.165) is 0 Å². The van der Waals surface area contributed by atoms with Gasteiger partial charge < -0.3 is 24.5 Å². The Hall–Kier alpha value is 0.480. The molecule has 0 aliphatic heterocycles. The third-order valence-corrected chi connectivity index (χ3v) is 0.473. The van der Waals surface area contributed by atoms with Gasteiger partial charge in [-0.15, -0.1) is 0 Å². The number of carbonyl (C=O) groups excluding carboxylic acids is 2. The predicted octanol–water partition coefficient (Wildman–Crippen LogP) is -5.40. The van der Waals surface area contributed by atoms with Crippen molar-refractivity contribution >= 4 is 49.7 Å². The molecule has 0 rings (SSSR count). The first-order chi connectivity index (χ1) is 5.54. The van der Waals surface area contributed by atoms with E-state index >= 15 is 0 Å². The smallest absolute Gasteiger partial charge is 0.671 e. The number of hydrogen-bond acceptors (Lipinski definition) is 5. The molecule has 0 radical (unpaired) electrons. The van der Waals surface area contributed by atoms with E-state index in [-0.39, 0.29) is 67.3 Å². The maximum Gasteiger partial charge on any atom is 2.00 e. The molecule has 0 amide bonds. The third kappa shape index (κ3) is 39.2. The molecular formula is C7H7CaNaO5. The van der Waals surface area contributed by atoms with Crippen molar-refractivity contribution in [2.45, 2.75) is 0 Å². The van der Waals surface area contributed by atoms with Gasteiger partial charge in [-0.25, -0.2) is 0 Å². The summed E-state index contributed by atoms with van der Waals surface area (Å²) < 4.78 is 4.06. The van der Waals surface area contributed by atoms with Crippen molar-refractivity contribution in [2.24, 2.45) is 0 Å². The Morgan fingerprint density at radius 2 is 1.43 bits per heavy atom. The Kier molecular flexibility index (Phi) is 32.7. The molecule has 5 nitrogen and oxygen atoms in total. The molecule has 0 saturated carbocycles. The molecular weight excluding hydrogens is 227 g/mol. The maximum atomic E-state index is 9.41. The van der Waals surface area contributed by atoms with Gasteiger partial charge in [-0.05, 0) is 12.2 Å². The van der Waals surface area contributed by atoms with E-state index in [1.807, 2.05) is 0 Å². The minimum absolute atomic E-state index is 0. The summed E-state index contributed by atoms with van der Waals surface area (Å²) in [4.78, 5) is 18.8. The second-order valence-corrected chi connectivity index (χ2v) is 1.30. The number of carboxylic acid groups (broad SMARTS) is 2. The van der Waals surface area contributed by atoms with Crippen molar-refractivity contribution in [2.75, 3.05) is 0 Å². The zero-order chi connectivity index (χ0) is 9.98. The second-order valence-electron chi connectivity index (χ2n) is 1.30. The first kappa shape index (κ1) is 24.0. The van der Waals surface area contributed by atoms with Gasteiger partial charge in [0.15, 0.2) is 0 Å². The van der Waals surface area contributed by atoms with Gasteiger partial charge in [-0.3, -0.25) is 0 Å². The van der Waals surface area contributed by atoms with Gasteiger partial charge in [0, 0.05) is 6.26 Å². The van der Waals surface area contributed by atoms with E-state index in [2.05, 4.69) is 18.4 Å². The molecule has 0 fully saturated rings. The molecule has 0 bridgehead atoms. The molecule has 0 aromatic carbocycles. The van der Waals surface area contributed by atoms with Crippen LogP contribution in [0.1, 0.15) is 0 Å². The fourth-order valence-electron chi connectivity index (χ4n) is 0.136. The quantitative estimate of drug-likeness (QED) is 0.210.